The van der Waals surface area contributed by atoms with E-state index >= 15 is 0 Å². The standard InChI is InChI=1S/C19H16N2O3S/c1-11-3-5-14(6-4-11)20-19-21-18(22)17(25-19)9-13-8-16-15(7-12(13)2)23-10-24-16/h3-9H,10H2,1-2H3,(H,20,21,22)/b17-9+. The number of nitrogens with one attached hydrogen (secondary N) is 1. The van der Waals surface area contributed by atoms with E-state index in [2.05, 4.69) is 10.3 Å². The second kappa shape index (κ2) is 6.29. The van der Waals surface area contributed by atoms with Gasteiger partial charge in [0, 0.05) is 0 Å². The third kappa shape index (κ3) is 3.25. The molecule has 2 heterocycles. The van der Waals surface area contributed by atoms with Gasteiger partial charge in [-0.15, -0.1) is 0 Å². The van der Waals surface area contributed by atoms with E-state index in [4.69, 9.17) is 9.47 Å². The Morgan fingerprint density at radius 2 is 1.84 bits per heavy atom. The Bertz CT molecular complexity index is 917. The van der Waals surface area contributed by atoms with E-state index in [1.807, 2.05) is 56.3 Å². The minimum atomic E-state index is -0.145. The molecule has 126 valence electrons. The van der Waals surface area contributed by atoms with Crippen molar-refractivity contribution in [2.45, 2.75) is 13.8 Å². The van der Waals surface area contributed by atoms with Crippen molar-refractivity contribution < 1.29 is 14.3 Å². The second-order valence-corrected chi connectivity index (χ2v) is 6.91. The monoisotopic (exact) mass is 352 g/mol. The Hall–Kier alpha value is -2.73. The van der Waals surface area contributed by atoms with Gasteiger partial charge in [0.25, 0.3) is 5.91 Å². The van der Waals surface area contributed by atoms with Gasteiger partial charge in [-0.2, -0.15) is 0 Å². The number of nitrogens with zero attached hydrogens (tertiary/aromatic N) is 1. The summed E-state index contributed by atoms with van der Waals surface area (Å²) in [5.41, 5.74) is 3.94. The summed E-state index contributed by atoms with van der Waals surface area (Å²) in [6.07, 6.45) is 1.86. The summed E-state index contributed by atoms with van der Waals surface area (Å²) in [6.45, 7) is 4.24. The molecule has 25 heavy (non-hydrogen) atoms. The third-order valence-corrected chi connectivity index (χ3v) is 4.87. The Kier molecular flexibility index (Phi) is 3.97. The molecule has 0 radical (unpaired) electrons. The Labute approximate surface area is 149 Å². The summed E-state index contributed by atoms with van der Waals surface area (Å²) in [5.74, 6) is 1.30. The molecule has 1 amide bonds. The number of carbonyl (C=O) groups excluding carboxylic acids is 1. The molecule has 4 rings (SSSR count). The molecule has 0 spiro atoms. The summed E-state index contributed by atoms with van der Waals surface area (Å²) in [6, 6.07) is 11.7. The summed E-state index contributed by atoms with van der Waals surface area (Å²) in [4.78, 5) is 17.3. The zero-order chi connectivity index (χ0) is 17.4. The molecule has 1 fully saturated rings. The summed E-state index contributed by atoms with van der Waals surface area (Å²) >= 11 is 1.33. The molecule has 2 aromatic rings. The van der Waals surface area contributed by atoms with E-state index in [0.29, 0.717) is 15.8 Å². The van der Waals surface area contributed by atoms with E-state index in [9.17, 15) is 4.79 Å². The molecule has 6 heteroatoms. The number of amidine groups is 1. The average molecular weight is 352 g/mol. The van der Waals surface area contributed by atoms with Crippen LogP contribution < -0.4 is 14.8 Å². The minimum absolute atomic E-state index is 0.145. The number of rotatable bonds is 2. The highest BCUT2D eigenvalue weighted by Gasteiger charge is 2.24. The van der Waals surface area contributed by atoms with Crippen LogP contribution in [0, 0.1) is 13.8 Å². The average Bonchev–Trinajstić information content (AvgIpc) is 3.16. The second-order valence-electron chi connectivity index (χ2n) is 5.88. The Morgan fingerprint density at radius 3 is 2.60 bits per heavy atom. The quantitative estimate of drug-likeness (QED) is 0.832. The summed E-state index contributed by atoms with van der Waals surface area (Å²) in [5, 5.41) is 3.39. The first-order valence-electron chi connectivity index (χ1n) is 7.85. The van der Waals surface area contributed by atoms with Crippen LogP contribution in [-0.4, -0.2) is 17.9 Å². The van der Waals surface area contributed by atoms with Crippen molar-refractivity contribution in [3.05, 3.63) is 58.0 Å². The highest BCUT2D eigenvalue weighted by Crippen LogP contribution is 2.36. The fourth-order valence-corrected chi connectivity index (χ4v) is 3.41. The molecule has 1 saturated heterocycles. The van der Waals surface area contributed by atoms with Crippen LogP contribution >= 0.6 is 11.8 Å². The van der Waals surface area contributed by atoms with Gasteiger partial charge < -0.3 is 14.8 Å². The van der Waals surface area contributed by atoms with E-state index in [-0.39, 0.29) is 12.7 Å². The number of ether oxygens (including phenoxy) is 2. The molecule has 0 aliphatic carbocycles. The molecule has 1 N–H and O–H groups in total. The van der Waals surface area contributed by atoms with Gasteiger partial charge in [0.1, 0.15) is 0 Å². The number of aliphatic imine (C=N–C) groups is 1. The number of thioether (sulfide) groups is 1. The van der Waals surface area contributed by atoms with Crippen molar-refractivity contribution in [3.8, 4) is 11.5 Å². The van der Waals surface area contributed by atoms with E-state index in [1.54, 1.807) is 0 Å². The molecular formula is C19H16N2O3S. The normalized spacial score (nSPS) is 18.9. The molecule has 0 saturated carbocycles. The molecule has 0 unspecified atom stereocenters. The lowest BCUT2D eigenvalue weighted by atomic mass is 10.1. The lowest BCUT2D eigenvalue weighted by Gasteiger charge is -2.03. The first kappa shape index (κ1) is 15.8. The van der Waals surface area contributed by atoms with Crippen molar-refractivity contribution in [2.75, 3.05) is 6.79 Å². The van der Waals surface area contributed by atoms with Crippen LogP contribution in [0.25, 0.3) is 6.08 Å². The minimum Gasteiger partial charge on any atom is -0.454 e. The predicted molar refractivity (Wildman–Crippen MR) is 99.3 cm³/mol. The number of benzene rings is 2. The highest BCUT2D eigenvalue weighted by atomic mass is 32.2. The van der Waals surface area contributed by atoms with Gasteiger partial charge in [-0.1, -0.05) is 17.7 Å². The van der Waals surface area contributed by atoms with Crippen LogP contribution in [0.3, 0.4) is 0 Å². The van der Waals surface area contributed by atoms with Crippen molar-refractivity contribution in [3.63, 3.8) is 0 Å². The molecule has 5 nitrogen and oxygen atoms in total. The number of aryl methyl sites for hydroxylation is 2. The Morgan fingerprint density at radius 1 is 1.12 bits per heavy atom. The zero-order valence-electron chi connectivity index (χ0n) is 13.8. The maximum absolute atomic E-state index is 12.2. The SMILES string of the molecule is Cc1ccc(N=C2NC(=O)/C(=C\c3cc4c(cc3C)OCO4)S2)cc1. The van der Waals surface area contributed by atoms with Gasteiger partial charge >= 0.3 is 0 Å². The van der Waals surface area contributed by atoms with Gasteiger partial charge in [0.15, 0.2) is 16.7 Å². The Balaban J connectivity index is 1.60. The molecule has 0 aromatic heterocycles. The molecule has 0 atom stereocenters. The molecule has 2 aliphatic heterocycles. The van der Waals surface area contributed by atoms with Crippen molar-refractivity contribution in [1.29, 1.82) is 0 Å². The smallest absolute Gasteiger partial charge is 0.264 e. The summed E-state index contributed by atoms with van der Waals surface area (Å²) < 4.78 is 10.8. The number of hydrogen-bond donors (Lipinski definition) is 1. The maximum atomic E-state index is 12.2. The lowest BCUT2D eigenvalue weighted by molar-refractivity contribution is -0.115. The maximum Gasteiger partial charge on any atom is 0.264 e. The molecule has 2 aliphatic rings. The van der Waals surface area contributed by atoms with E-state index in [1.165, 1.54) is 17.3 Å². The first-order chi connectivity index (χ1) is 12.1. The third-order valence-electron chi connectivity index (χ3n) is 3.96. The fraction of sp³-hybridized carbons (Fsp3) is 0.158. The number of carbonyl (C=O) groups is 1. The van der Waals surface area contributed by atoms with Crippen LogP contribution in [0.1, 0.15) is 16.7 Å². The largest absolute Gasteiger partial charge is 0.454 e. The first-order valence-corrected chi connectivity index (χ1v) is 8.67. The van der Waals surface area contributed by atoms with Gasteiger partial charge in [-0.25, -0.2) is 4.99 Å². The predicted octanol–water partition coefficient (Wildman–Crippen LogP) is 3.92. The molecule has 2 aromatic carbocycles. The van der Waals surface area contributed by atoms with Crippen LogP contribution in [0.5, 0.6) is 11.5 Å². The molecular weight excluding hydrogens is 336 g/mol. The zero-order valence-corrected chi connectivity index (χ0v) is 14.6. The van der Waals surface area contributed by atoms with Crippen molar-refractivity contribution >= 4 is 34.6 Å². The fourth-order valence-electron chi connectivity index (χ4n) is 2.57. The van der Waals surface area contributed by atoms with Gasteiger partial charge in [-0.3, -0.25) is 4.79 Å². The lowest BCUT2D eigenvalue weighted by Crippen LogP contribution is -2.19. The van der Waals surface area contributed by atoms with Gasteiger partial charge in [0.2, 0.25) is 6.79 Å². The van der Waals surface area contributed by atoms with E-state index in [0.717, 1.165) is 22.6 Å². The number of fused-ring (bicyclic) bond motifs is 1. The van der Waals surface area contributed by atoms with Gasteiger partial charge in [0.05, 0.1) is 10.6 Å². The van der Waals surface area contributed by atoms with Crippen molar-refractivity contribution in [1.82, 2.24) is 5.32 Å². The van der Waals surface area contributed by atoms with Crippen LogP contribution in [0.15, 0.2) is 46.3 Å². The molecule has 0 bridgehead atoms. The highest BCUT2D eigenvalue weighted by molar-refractivity contribution is 8.18. The van der Waals surface area contributed by atoms with E-state index < -0.39 is 0 Å². The summed E-state index contributed by atoms with van der Waals surface area (Å²) in [7, 11) is 0. The van der Waals surface area contributed by atoms with Crippen LogP contribution in [-0.2, 0) is 4.79 Å². The topological polar surface area (TPSA) is 59.9 Å². The number of amides is 1. The van der Waals surface area contributed by atoms with Crippen molar-refractivity contribution in [2.24, 2.45) is 4.99 Å². The number of hydrogen-bond acceptors (Lipinski definition) is 5. The van der Waals surface area contributed by atoms with Crippen LogP contribution in [0.4, 0.5) is 5.69 Å². The van der Waals surface area contributed by atoms with Gasteiger partial charge in [-0.05, 0) is 67.1 Å². The van der Waals surface area contributed by atoms with Crippen LogP contribution in [0.2, 0.25) is 0 Å².